The van der Waals surface area contributed by atoms with Crippen LogP contribution in [-0.2, 0) is 4.79 Å². The Hall–Kier alpha value is -2.83. The van der Waals surface area contributed by atoms with Crippen LogP contribution in [-0.4, -0.2) is 43.0 Å². The zero-order valence-corrected chi connectivity index (χ0v) is 14.7. The fraction of sp³-hybridized carbons (Fsp3) is 0.421. The molecule has 1 fully saturated rings. The minimum Gasteiger partial charge on any atom is -0.494 e. The molecular weight excluding hydrogens is 336 g/mol. The number of benzene rings is 1. The van der Waals surface area contributed by atoms with Crippen LogP contribution in [0, 0.1) is 0 Å². The molecule has 0 unspecified atom stereocenters. The van der Waals surface area contributed by atoms with Crippen LogP contribution in [0.2, 0.25) is 0 Å². The van der Waals surface area contributed by atoms with E-state index in [1.54, 1.807) is 23.1 Å². The number of likely N-dealkylation sites (tertiary alicyclic amines) is 1. The van der Waals surface area contributed by atoms with E-state index in [-0.39, 0.29) is 23.6 Å². The van der Waals surface area contributed by atoms with Gasteiger partial charge in [0, 0.05) is 30.6 Å². The van der Waals surface area contributed by atoms with E-state index >= 15 is 0 Å². The summed E-state index contributed by atoms with van der Waals surface area (Å²) in [6.45, 7) is 3.70. The molecule has 0 radical (unpaired) electrons. The lowest BCUT2D eigenvalue weighted by atomic mass is 10.1. The molecule has 7 heteroatoms. The van der Waals surface area contributed by atoms with Gasteiger partial charge in [0.2, 0.25) is 5.91 Å². The maximum absolute atomic E-state index is 12.5. The lowest BCUT2D eigenvalue weighted by Crippen LogP contribution is -2.42. The molecule has 0 atom stereocenters. The van der Waals surface area contributed by atoms with Crippen LogP contribution in [0.4, 0.5) is 0 Å². The highest BCUT2D eigenvalue weighted by atomic mass is 16.5. The Labute approximate surface area is 150 Å². The summed E-state index contributed by atoms with van der Waals surface area (Å²) in [4.78, 5) is 38.3. The Kier molecular flexibility index (Phi) is 5.55. The van der Waals surface area contributed by atoms with Gasteiger partial charge in [-0.15, -0.1) is 0 Å². The molecule has 0 aliphatic carbocycles. The van der Waals surface area contributed by atoms with Gasteiger partial charge in [0.15, 0.2) is 0 Å². The SMILES string of the molecule is CCOc1ccc2c(C(=O)NCC(=O)N3CCCCC3)cc(=O)oc2c1. The smallest absolute Gasteiger partial charge is 0.337 e. The molecule has 0 bridgehead atoms. The van der Waals surface area contributed by atoms with Gasteiger partial charge in [-0.3, -0.25) is 9.59 Å². The Morgan fingerprint density at radius 2 is 1.96 bits per heavy atom. The number of amides is 2. The molecule has 2 heterocycles. The van der Waals surface area contributed by atoms with Crippen molar-refractivity contribution in [2.24, 2.45) is 0 Å². The van der Waals surface area contributed by atoms with Crippen molar-refractivity contribution >= 4 is 22.8 Å². The Morgan fingerprint density at radius 1 is 1.19 bits per heavy atom. The molecule has 1 aliphatic rings. The first kappa shape index (κ1) is 18.0. The van der Waals surface area contributed by atoms with Crippen LogP contribution in [0.1, 0.15) is 36.5 Å². The van der Waals surface area contributed by atoms with E-state index in [0.29, 0.717) is 17.7 Å². The molecule has 0 saturated carbocycles. The van der Waals surface area contributed by atoms with Crippen molar-refractivity contribution in [1.29, 1.82) is 0 Å². The maximum Gasteiger partial charge on any atom is 0.337 e. The van der Waals surface area contributed by atoms with Crippen LogP contribution in [0.5, 0.6) is 5.75 Å². The molecule has 138 valence electrons. The van der Waals surface area contributed by atoms with E-state index in [1.165, 1.54) is 0 Å². The zero-order valence-electron chi connectivity index (χ0n) is 14.7. The summed E-state index contributed by atoms with van der Waals surface area (Å²) in [6.07, 6.45) is 3.12. The van der Waals surface area contributed by atoms with Gasteiger partial charge in [-0.25, -0.2) is 4.79 Å². The number of hydrogen-bond acceptors (Lipinski definition) is 5. The number of hydrogen-bond donors (Lipinski definition) is 1. The van der Waals surface area contributed by atoms with Gasteiger partial charge in [-0.05, 0) is 38.3 Å². The number of carbonyl (C=O) groups is 2. The molecule has 1 aliphatic heterocycles. The second-order valence-electron chi connectivity index (χ2n) is 6.19. The first-order chi connectivity index (χ1) is 12.6. The highest BCUT2D eigenvalue weighted by Crippen LogP contribution is 2.22. The van der Waals surface area contributed by atoms with Gasteiger partial charge in [0.25, 0.3) is 5.91 Å². The second-order valence-corrected chi connectivity index (χ2v) is 6.19. The summed E-state index contributed by atoms with van der Waals surface area (Å²) in [5.74, 6) is -0.0256. The average molecular weight is 358 g/mol. The van der Waals surface area contributed by atoms with E-state index in [2.05, 4.69) is 5.32 Å². The number of nitrogens with zero attached hydrogens (tertiary/aromatic N) is 1. The molecule has 2 aromatic rings. The van der Waals surface area contributed by atoms with E-state index in [0.717, 1.165) is 38.4 Å². The minimum absolute atomic E-state index is 0.0857. The standard InChI is InChI=1S/C19H22N2O5/c1-2-25-13-6-7-14-15(11-18(23)26-16(14)10-13)19(24)20-12-17(22)21-8-4-3-5-9-21/h6-7,10-11H,2-5,8-9,12H2,1H3,(H,20,24). The maximum atomic E-state index is 12.5. The fourth-order valence-corrected chi connectivity index (χ4v) is 3.09. The number of ether oxygens (including phenoxy) is 1. The molecule has 7 nitrogen and oxygen atoms in total. The first-order valence-corrected chi connectivity index (χ1v) is 8.85. The first-order valence-electron chi connectivity index (χ1n) is 8.85. The van der Waals surface area contributed by atoms with Crippen LogP contribution in [0.15, 0.2) is 33.5 Å². The van der Waals surface area contributed by atoms with E-state index in [9.17, 15) is 14.4 Å². The lowest BCUT2D eigenvalue weighted by molar-refractivity contribution is -0.130. The molecule has 26 heavy (non-hydrogen) atoms. The highest BCUT2D eigenvalue weighted by Gasteiger charge is 2.19. The van der Waals surface area contributed by atoms with Crippen LogP contribution >= 0.6 is 0 Å². The third-order valence-electron chi connectivity index (χ3n) is 4.38. The summed E-state index contributed by atoms with van der Waals surface area (Å²) >= 11 is 0. The number of rotatable bonds is 5. The normalized spacial score (nSPS) is 14.3. The number of fused-ring (bicyclic) bond motifs is 1. The van der Waals surface area contributed by atoms with Crippen molar-refractivity contribution in [3.63, 3.8) is 0 Å². The van der Waals surface area contributed by atoms with Crippen molar-refractivity contribution in [3.05, 3.63) is 40.2 Å². The van der Waals surface area contributed by atoms with Gasteiger partial charge < -0.3 is 19.4 Å². The predicted octanol–water partition coefficient (Wildman–Crippen LogP) is 1.93. The van der Waals surface area contributed by atoms with Crippen LogP contribution in [0.3, 0.4) is 0 Å². The van der Waals surface area contributed by atoms with Crippen molar-refractivity contribution in [1.82, 2.24) is 10.2 Å². The Bertz CT molecular complexity index is 868. The zero-order chi connectivity index (χ0) is 18.5. The lowest BCUT2D eigenvalue weighted by Gasteiger charge is -2.26. The van der Waals surface area contributed by atoms with Crippen molar-refractivity contribution in [2.75, 3.05) is 26.2 Å². The minimum atomic E-state index is -0.626. The third kappa shape index (κ3) is 4.04. The molecular formula is C19H22N2O5. The van der Waals surface area contributed by atoms with Gasteiger partial charge >= 0.3 is 5.63 Å². The summed E-state index contributed by atoms with van der Waals surface area (Å²) in [7, 11) is 0. The quantitative estimate of drug-likeness (QED) is 0.825. The second kappa shape index (κ2) is 8.03. The van der Waals surface area contributed by atoms with Crippen LogP contribution < -0.4 is 15.7 Å². The Morgan fingerprint density at radius 3 is 2.69 bits per heavy atom. The van der Waals surface area contributed by atoms with E-state index in [4.69, 9.17) is 9.15 Å². The number of carbonyl (C=O) groups excluding carboxylic acids is 2. The topological polar surface area (TPSA) is 88.9 Å². The largest absolute Gasteiger partial charge is 0.494 e. The van der Waals surface area contributed by atoms with Crippen LogP contribution in [0.25, 0.3) is 11.0 Å². The van der Waals surface area contributed by atoms with E-state index in [1.807, 2.05) is 6.92 Å². The summed E-state index contributed by atoms with van der Waals surface area (Å²) in [6, 6.07) is 6.10. The van der Waals surface area contributed by atoms with Crippen molar-refractivity contribution < 1.29 is 18.7 Å². The molecule has 1 saturated heterocycles. The van der Waals surface area contributed by atoms with Gasteiger partial charge in [0.05, 0.1) is 18.7 Å². The monoisotopic (exact) mass is 358 g/mol. The summed E-state index contributed by atoms with van der Waals surface area (Å²) in [5, 5.41) is 3.11. The Balaban J connectivity index is 1.77. The predicted molar refractivity (Wildman–Crippen MR) is 96.4 cm³/mol. The molecule has 0 spiro atoms. The molecule has 1 aromatic heterocycles. The third-order valence-corrected chi connectivity index (χ3v) is 4.38. The van der Waals surface area contributed by atoms with Crippen molar-refractivity contribution in [3.8, 4) is 5.75 Å². The van der Waals surface area contributed by atoms with Gasteiger partial charge in [-0.1, -0.05) is 0 Å². The molecule has 2 amide bonds. The summed E-state index contributed by atoms with van der Waals surface area (Å²) in [5.41, 5.74) is -0.166. The van der Waals surface area contributed by atoms with E-state index < -0.39 is 11.5 Å². The molecule has 1 aromatic carbocycles. The van der Waals surface area contributed by atoms with Gasteiger partial charge in [0.1, 0.15) is 11.3 Å². The fourth-order valence-electron chi connectivity index (χ4n) is 3.09. The number of nitrogens with one attached hydrogen (secondary N) is 1. The molecule has 1 N–H and O–H groups in total. The highest BCUT2D eigenvalue weighted by molar-refractivity contribution is 6.06. The summed E-state index contributed by atoms with van der Waals surface area (Å²) < 4.78 is 10.6. The average Bonchev–Trinajstić information content (AvgIpc) is 2.65. The molecule has 3 rings (SSSR count). The van der Waals surface area contributed by atoms with Crippen molar-refractivity contribution in [2.45, 2.75) is 26.2 Å². The number of piperidine rings is 1. The van der Waals surface area contributed by atoms with Gasteiger partial charge in [-0.2, -0.15) is 0 Å².